The maximum atomic E-state index is 11.7. The van der Waals surface area contributed by atoms with Crippen LogP contribution in [-0.2, 0) is 20.8 Å². The van der Waals surface area contributed by atoms with E-state index in [1.54, 1.807) is 18.9 Å². The molecular formula is C16H25NO3S. The quantitative estimate of drug-likeness (QED) is 0.432. The standard InChI is InChI=1S/C16H25NO3S/c1-16(2,15(18)20-4)12-21-14-7-5-6-13(10-14)11-17-8-9-19-3/h5-7,10,17H,8-9,11-12H2,1-4H3. The molecule has 0 spiro atoms. The van der Waals surface area contributed by atoms with Gasteiger partial charge < -0.3 is 14.8 Å². The molecular weight excluding hydrogens is 286 g/mol. The fourth-order valence-electron chi connectivity index (χ4n) is 1.75. The Labute approximate surface area is 131 Å². The van der Waals surface area contributed by atoms with Gasteiger partial charge in [-0.1, -0.05) is 12.1 Å². The summed E-state index contributed by atoms with van der Waals surface area (Å²) < 4.78 is 9.83. The highest BCUT2D eigenvalue weighted by atomic mass is 32.2. The average molecular weight is 311 g/mol. The molecule has 1 aromatic carbocycles. The van der Waals surface area contributed by atoms with E-state index in [1.807, 2.05) is 19.9 Å². The fourth-order valence-corrected chi connectivity index (χ4v) is 2.81. The van der Waals surface area contributed by atoms with Crippen LogP contribution in [0.3, 0.4) is 0 Å². The Balaban J connectivity index is 2.51. The van der Waals surface area contributed by atoms with Crippen molar-refractivity contribution in [3.8, 4) is 0 Å². The molecule has 0 fully saturated rings. The molecule has 0 amide bonds. The molecule has 0 aliphatic heterocycles. The lowest BCUT2D eigenvalue weighted by molar-refractivity contribution is -0.149. The Kier molecular flexibility index (Phi) is 7.78. The van der Waals surface area contributed by atoms with Gasteiger partial charge in [0.2, 0.25) is 0 Å². The highest BCUT2D eigenvalue weighted by Crippen LogP contribution is 2.29. The number of hydrogen-bond donors (Lipinski definition) is 1. The van der Waals surface area contributed by atoms with Crippen LogP contribution in [0.2, 0.25) is 0 Å². The normalized spacial score (nSPS) is 11.4. The van der Waals surface area contributed by atoms with Crippen LogP contribution < -0.4 is 5.32 Å². The predicted octanol–water partition coefficient (Wildman–Crippen LogP) is 2.71. The third-order valence-electron chi connectivity index (χ3n) is 3.05. The van der Waals surface area contributed by atoms with Crippen molar-refractivity contribution in [3.05, 3.63) is 29.8 Å². The monoisotopic (exact) mass is 311 g/mol. The van der Waals surface area contributed by atoms with Crippen LogP contribution in [0.25, 0.3) is 0 Å². The molecule has 0 aliphatic rings. The third-order valence-corrected chi connectivity index (χ3v) is 4.50. The van der Waals surface area contributed by atoms with Gasteiger partial charge >= 0.3 is 5.97 Å². The summed E-state index contributed by atoms with van der Waals surface area (Å²) in [5.74, 6) is 0.521. The predicted molar refractivity (Wildman–Crippen MR) is 86.5 cm³/mol. The van der Waals surface area contributed by atoms with Crippen LogP contribution >= 0.6 is 11.8 Å². The number of carbonyl (C=O) groups is 1. The van der Waals surface area contributed by atoms with Crippen molar-refractivity contribution in [2.75, 3.05) is 33.1 Å². The van der Waals surface area contributed by atoms with Crippen molar-refractivity contribution in [2.45, 2.75) is 25.3 Å². The molecule has 0 heterocycles. The van der Waals surface area contributed by atoms with Gasteiger partial charge in [-0.3, -0.25) is 4.79 Å². The first-order valence-corrected chi connectivity index (χ1v) is 7.98. The van der Waals surface area contributed by atoms with Crippen LogP contribution in [0.1, 0.15) is 19.4 Å². The van der Waals surface area contributed by atoms with Gasteiger partial charge in [0, 0.05) is 30.8 Å². The van der Waals surface area contributed by atoms with E-state index in [2.05, 4.69) is 23.5 Å². The van der Waals surface area contributed by atoms with Crippen LogP contribution in [-0.4, -0.2) is 39.1 Å². The van der Waals surface area contributed by atoms with E-state index in [4.69, 9.17) is 9.47 Å². The van der Waals surface area contributed by atoms with E-state index >= 15 is 0 Å². The largest absolute Gasteiger partial charge is 0.469 e. The summed E-state index contributed by atoms with van der Waals surface area (Å²) in [5, 5.41) is 3.32. The lowest BCUT2D eigenvalue weighted by Gasteiger charge is -2.20. The first-order chi connectivity index (χ1) is 9.99. The second-order valence-electron chi connectivity index (χ2n) is 5.48. The minimum absolute atomic E-state index is 0.174. The van der Waals surface area contributed by atoms with Crippen molar-refractivity contribution in [1.82, 2.24) is 5.32 Å². The zero-order chi connectivity index (χ0) is 15.7. The van der Waals surface area contributed by atoms with Gasteiger partial charge in [-0.25, -0.2) is 0 Å². The van der Waals surface area contributed by atoms with Crippen molar-refractivity contribution >= 4 is 17.7 Å². The SMILES string of the molecule is COCCNCc1cccc(SCC(C)(C)C(=O)OC)c1. The number of ether oxygens (including phenoxy) is 2. The zero-order valence-corrected chi connectivity index (χ0v) is 14.1. The summed E-state index contributed by atoms with van der Waals surface area (Å²) in [6.45, 7) is 6.17. The number of hydrogen-bond acceptors (Lipinski definition) is 5. The lowest BCUT2D eigenvalue weighted by Crippen LogP contribution is -2.28. The highest BCUT2D eigenvalue weighted by Gasteiger charge is 2.28. The van der Waals surface area contributed by atoms with Gasteiger partial charge in [0.05, 0.1) is 19.1 Å². The average Bonchev–Trinajstić information content (AvgIpc) is 2.49. The molecule has 5 heteroatoms. The number of carbonyl (C=O) groups excluding carboxylic acids is 1. The molecule has 0 aliphatic carbocycles. The van der Waals surface area contributed by atoms with Gasteiger partial charge in [-0.2, -0.15) is 0 Å². The first kappa shape index (κ1) is 18.0. The Morgan fingerprint density at radius 2 is 2.10 bits per heavy atom. The third kappa shape index (κ3) is 6.50. The van der Waals surface area contributed by atoms with E-state index in [0.29, 0.717) is 12.4 Å². The summed E-state index contributed by atoms with van der Waals surface area (Å²) in [5.41, 5.74) is 0.749. The maximum absolute atomic E-state index is 11.7. The highest BCUT2D eigenvalue weighted by molar-refractivity contribution is 7.99. The van der Waals surface area contributed by atoms with Crippen molar-refractivity contribution in [1.29, 1.82) is 0 Å². The molecule has 1 N–H and O–H groups in total. The van der Waals surface area contributed by atoms with E-state index in [1.165, 1.54) is 12.7 Å². The van der Waals surface area contributed by atoms with Crippen molar-refractivity contribution in [3.63, 3.8) is 0 Å². The second-order valence-corrected chi connectivity index (χ2v) is 6.53. The van der Waals surface area contributed by atoms with Gasteiger partial charge in [0.1, 0.15) is 0 Å². The molecule has 0 radical (unpaired) electrons. The summed E-state index contributed by atoms with van der Waals surface area (Å²) in [6.07, 6.45) is 0. The number of benzene rings is 1. The molecule has 0 saturated carbocycles. The lowest BCUT2D eigenvalue weighted by atomic mass is 9.97. The number of nitrogens with one attached hydrogen (secondary N) is 1. The summed E-state index contributed by atoms with van der Waals surface area (Å²) >= 11 is 1.68. The first-order valence-electron chi connectivity index (χ1n) is 6.99. The van der Waals surface area contributed by atoms with Gasteiger partial charge in [0.15, 0.2) is 0 Å². The van der Waals surface area contributed by atoms with E-state index in [-0.39, 0.29) is 5.97 Å². The number of thioether (sulfide) groups is 1. The molecule has 118 valence electrons. The number of methoxy groups -OCH3 is 2. The van der Waals surface area contributed by atoms with E-state index in [9.17, 15) is 4.79 Å². The molecule has 0 unspecified atom stereocenters. The van der Waals surface area contributed by atoms with Gasteiger partial charge in [-0.05, 0) is 31.5 Å². The molecule has 4 nitrogen and oxygen atoms in total. The zero-order valence-electron chi connectivity index (χ0n) is 13.3. The maximum Gasteiger partial charge on any atom is 0.312 e. The van der Waals surface area contributed by atoms with E-state index in [0.717, 1.165) is 18.0 Å². The van der Waals surface area contributed by atoms with Crippen LogP contribution in [0.4, 0.5) is 0 Å². The Bertz CT molecular complexity index is 449. The summed E-state index contributed by atoms with van der Waals surface area (Å²) in [7, 11) is 3.13. The second kappa shape index (κ2) is 9.07. The topological polar surface area (TPSA) is 47.6 Å². The Morgan fingerprint density at radius 3 is 2.76 bits per heavy atom. The van der Waals surface area contributed by atoms with Gasteiger partial charge in [0.25, 0.3) is 0 Å². The smallest absolute Gasteiger partial charge is 0.312 e. The number of rotatable bonds is 9. The Hall–Kier alpha value is -1.04. The van der Waals surface area contributed by atoms with Crippen LogP contribution in [0, 0.1) is 5.41 Å². The van der Waals surface area contributed by atoms with Crippen LogP contribution in [0.15, 0.2) is 29.2 Å². The van der Waals surface area contributed by atoms with Gasteiger partial charge in [-0.15, -0.1) is 11.8 Å². The minimum Gasteiger partial charge on any atom is -0.469 e. The van der Waals surface area contributed by atoms with E-state index < -0.39 is 5.41 Å². The minimum atomic E-state index is -0.480. The molecule has 1 rings (SSSR count). The van der Waals surface area contributed by atoms with Crippen molar-refractivity contribution in [2.24, 2.45) is 5.41 Å². The molecule has 0 atom stereocenters. The number of esters is 1. The molecule has 0 bridgehead atoms. The van der Waals surface area contributed by atoms with Crippen molar-refractivity contribution < 1.29 is 14.3 Å². The Morgan fingerprint density at radius 1 is 1.33 bits per heavy atom. The summed E-state index contributed by atoms with van der Waals surface area (Å²) in [6, 6.07) is 8.35. The van der Waals surface area contributed by atoms with Crippen LogP contribution in [0.5, 0.6) is 0 Å². The molecule has 1 aromatic rings. The molecule has 0 saturated heterocycles. The molecule has 21 heavy (non-hydrogen) atoms. The fraction of sp³-hybridized carbons (Fsp3) is 0.562. The summed E-state index contributed by atoms with van der Waals surface area (Å²) in [4.78, 5) is 12.8. The molecule has 0 aromatic heterocycles.